The summed E-state index contributed by atoms with van der Waals surface area (Å²) in [6, 6.07) is 18.0. The highest BCUT2D eigenvalue weighted by molar-refractivity contribution is 5.70. The molecule has 0 bridgehead atoms. The minimum absolute atomic E-state index is 0.0224. The Hall–Kier alpha value is -3.06. The van der Waals surface area contributed by atoms with Gasteiger partial charge >= 0.3 is 0 Å². The van der Waals surface area contributed by atoms with Crippen LogP contribution in [0.5, 0.6) is 0 Å². The molecule has 0 radical (unpaired) electrons. The van der Waals surface area contributed by atoms with Gasteiger partial charge in [0.1, 0.15) is 0 Å². The van der Waals surface area contributed by atoms with E-state index in [1.807, 2.05) is 0 Å². The first-order valence-corrected chi connectivity index (χ1v) is 15.1. The van der Waals surface area contributed by atoms with E-state index in [2.05, 4.69) is 119 Å². The van der Waals surface area contributed by atoms with Crippen molar-refractivity contribution in [2.75, 3.05) is 11.9 Å². The molecule has 0 aromatic heterocycles. The van der Waals surface area contributed by atoms with Gasteiger partial charge in [-0.1, -0.05) is 94.0 Å². The van der Waals surface area contributed by atoms with Gasteiger partial charge in [0.15, 0.2) is 0 Å². The molecule has 39 heavy (non-hydrogen) atoms. The highest BCUT2D eigenvalue weighted by atomic mass is 15.2. The van der Waals surface area contributed by atoms with Gasteiger partial charge in [0.2, 0.25) is 0 Å². The fraction of sp³-hybridized carbons (Fsp3) is 0.421. The predicted molar refractivity (Wildman–Crippen MR) is 167 cm³/mol. The highest BCUT2D eigenvalue weighted by Gasteiger charge is 2.38. The van der Waals surface area contributed by atoms with E-state index in [1.165, 1.54) is 65.8 Å². The third-order valence-corrected chi connectivity index (χ3v) is 10.00. The average molecular weight is 516 g/mol. The molecule has 1 nitrogen and oxygen atoms in total. The summed E-state index contributed by atoms with van der Waals surface area (Å²) in [5, 5.41) is 0. The van der Waals surface area contributed by atoms with Crippen molar-refractivity contribution in [2.24, 2.45) is 5.92 Å². The smallest absolute Gasteiger partial charge is 0.0447 e. The fourth-order valence-corrected chi connectivity index (χ4v) is 7.69. The summed E-state index contributed by atoms with van der Waals surface area (Å²) < 4.78 is 0. The summed E-state index contributed by atoms with van der Waals surface area (Å²) >= 11 is 0. The lowest BCUT2D eigenvalue weighted by molar-refractivity contribution is 0.632. The highest BCUT2D eigenvalue weighted by Crippen LogP contribution is 2.49. The number of hydrogen-bond acceptors (Lipinski definition) is 1. The molecule has 0 atom stereocenters. The maximum atomic E-state index is 2.52. The molecule has 1 saturated carbocycles. The summed E-state index contributed by atoms with van der Waals surface area (Å²) in [4.78, 5) is 2.40. The molecular weight excluding hydrogens is 470 g/mol. The lowest BCUT2D eigenvalue weighted by atomic mass is 9.74. The van der Waals surface area contributed by atoms with E-state index < -0.39 is 0 Å². The molecule has 1 fully saturated rings. The zero-order chi connectivity index (χ0) is 27.4. The molecule has 0 saturated heterocycles. The molecule has 1 heterocycles. The van der Waals surface area contributed by atoms with Gasteiger partial charge in [0.05, 0.1) is 0 Å². The normalized spacial score (nSPS) is 24.5. The van der Waals surface area contributed by atoms with Gasteiger partial charge in [0.25, 0.3) is 0 Å². The SMILES string of the molecule is CC1=C(/C=C/C2=C(C3CC3)C(=C/C=C3/N(C)c4ccccc4C3(C)C)/CCC2)C(C)(C)c2ccccc2CC1. The van der Waals surface area contributed by atoms with E-state index in [0.717, 1.165) is 18.8 Å². The van der Waals surface area contributed by atoms with Crippen LogP contribution in [0, 0.1) is 5.92 Å². The van der Waals surface area contributed by atoms with Gasteiger partial charge in [-0.2, -0.15) is 0 Å². The van der Waals surface area contributed by atoms with Gasteiger partial charge in [0, 0.05) is 29.3 Å². The quantitative estimate of drug-likeness (QED) is 0.391. The molecular formula is C38H45N. The Morgan fingerprint density at radius 3 is 2.23 bits per heavy atom. The summed E-state index contributed by atoms with van der Waals surface area (Å²) in [5.74, 6) is 0.749. The van der Waals surface area contributed by atoms with Crippen molar-refractivity contribution in [2.45, 2.75) is 90.4 Å². The van der Waals surface area contributed by atoms with Gasteiger partial charge < -0.3 is 4.90 Å². The van der Waals surface area contributed by atoms with Crippen molar-refractivity contribution in [3.05, 3.63) is 123 Å². The van der Waals surface area contributed by atoms with Crippen LogP contribution in [0.15, 0.2) is 106 Å². The van der Waals surface area contributed by atoms with Crippen molar-refractivity contribution in [3.63, 3.8) is 0 Å². The molecule has 0 unspecified atom stereocenters. The number of allylic oxidation sites excluding steroid dienone is 10. The third-order valence-electron chi connectivity index (χ3n) is 10.00. The minimum Gasteiger partial charge on any atom is -0.347 e. The standard InChI is InChI=1S/C38H45N/c1-26-18-19-27-12-7-8-15-32(27)37(2,3)31(26)24-22-28-13-11-14-29(36(28)30-20-21-30)23-25-35-38(4,5)33-16-9-10-17-34(33)39(35)6/h7-10,12,15-17,22-25,30H,11,13-14,18-21H2,1-6H3/b24-22+,29-23+,35-25+. The third kappa shape index (κ3) is 4.58. The van der Waals surface area contributed by atoms with Crippen LogP contribution in [-0.4, -0.2) is 7.05 Å². The molecule has 4 aliphatic rings. The maximum Gasteiger partial charge on any atom is 0.0447 e. The van der Waals surface area contributed by atoms with Crippen LogP contribution in [0.3, 0.4) is 0 Å². The number of hydrogen-bond donors (Lipinski definition) is 0. The Kier molecular flexibility index (Phi) is 6.61. The zero-order valence-electron chi connectivity index (χ0n) is 24.9. The van der Waals surface area contributed by atoms with Crippen LogP contribution in [0.25, 0.3) is 0 Å². The number of benzene rings is 2. The van der Waals surface area contributed by atoms with Crippen LogP contribution in [-0.2, 0) is 17.3 Å². The minimum atomic E-state index is 0.0224. The first-order valence-electron chi connectivity index (χ1n) is 15.1. The zero-order valence-corrected chi connectivity index (χ0v) is 24.9. The topological polar surface area (TPSA) is 3.24 Å². The Balaban J connectivity index is 1.36. The lowest BCUT2D eigenvalue weighted by Gasteiger charge is -2.29. The largest absolute Gasteiger partial charge is 0.347 e. The van der Waals surface area contributed by atoms with E-state index >= 15 is 0 Å². The van der Waals surface area contributed by atoms with Crippen molar-refractivity contribution in [1.82, 2.24) is 0 Å². The van der Waals surface area contributed by atoms with Crippen molar-refractivity contribution in [3.8, 4) is 0 Å². The Labute approximate surface area is 236 Å². The monoisotopic (exact) mass is 515 g/mol. The van der Waals surface area contributed by atoms with Gasteiger partial charge in [-0.25, -0.2) is 0 Å². The second kappa shape index (κ2) is 9.84. The van der Waals surface area contributed by atoms with Crippen molar-refractivity contribution in [1.29, 1.82) is 0 Å². The molecule has 0 spiro atoms. The first-order chi connectivity index (χ1) is 18.7. The Morgan fingerprint density at radius 2 is 1.49 bits per heavy atom. The Morgan fingerprint density at radius 1 is 0.769 bits per heavy atom. The van der Waals surface area contributed by atoms with E-state index in [0.29, 0.717) is 0 Å². The number of para-hydroxylation sites is 1. The molecule has 6 rings (SSSR count). The number of aryl methyl sites for hydroxylation is 1. The van der Waals surface area contributed by atoms with Crippen LogP contribution < -0.4 is 4.90 Å². The molecule has 1 heteroatoms. The number of likely N-dealkylation sites (N-methyl/N-ethyl adjacent to an activating group) is 1. The van der Waals surface area contributed by atoms with Crippen LogP contribution >= 0.6 is 0 Å². The molecule has 202 valence electrons. The molecule has 1 aliphatic heterocycles. The van der Waals surface area contributed by atoms with Crippen LogP contribution in [0.1, 0.15) is 89.8 Å². The van der Waals surface area contributed by atoms with E-state index in [9.17, 15) is 0 Å². The number of fused-ring (bicyclic) bond motifs is 2. The van der Waals surface area contributed by atoms with E-state index in [-0.39, 0.29) is 10.8 Å². The van der Waals surface area contributed by atoms with Crippen molar-refractivity contribution < 1.29 is 0 Å². The Bertz CT molecular complexity index is 1450. The number of anilines is 1. The molecule has 0 N–H and O–H groups in total. The van der Waals surface area contributed by atoms with E-state index in [4.69, 9.17) is 0 Å². The van der Waals surface area contributed by atoms with Gasteiger partial charge in [-0.05, 0) is 109 Å². The summed E-state index contributed by atoms with van der Waals surface area (Å²) in [5.41, 5.74) is 15.1. The molecule has 2 aromatic carbocycles. The fourth-order valence-electron chi connectivity index (χ4n) is 7.69. The molecule has 2 aromatic rings. The van der Waals surface area contributed by atoms with E-state index in [1.54, 1.807) is 22.3 Å². The van der Waals surface area contributed by atoms with Crippen LogP contribution in [0.4, 0.5) is 5.69 Å². The van der Waals surface area contributed by atoms with Crippen molar-refractivity contribution >= 4 is 5.69 Å². The summed E-state index contributed by atoms with van der Waals surface area (Å²) in [7, 11) is 2.23. The van der Waals surface area contributed by atoms with Gasteiger partial charge in [-0.3, -0.25) is 0 Å². The van der Waals surface area contributed by atoms with Crippen LogP contribution in [0.2, 0.25) is 0 Å². The molecule has 0 amide bonds. The second-order valence-electron chi connectivity index (χ2n) is 13.3. The number of rotatable bonds is 4. The molecule has 3 aliphatic carbocycles. The second-order valence-corrected chi connectivity index (χ2v) is 13.3. The summed E-state index contributed by atoms with van der Waals surface area (Å²) in [6.45, 7) is 11.9. The van der Waals surface area contributed by atoms with Gasteiger partial charge in [-0.15, -0.1) is 0 Å². The lowest BCUT2D eigenvalue weighted by Crippen LogP contribution is -2.22. The average Bonchev–Trinajstić information content (AvgIpc) is 3.75. The maximum absolute atomic E-state index is 2.52. The first kappa shape index (κ1) is 26.2. The number of nitrogens with zero attached hydrogens (tertiary/aromatic N) is 1. The summed E-state index contributed by atoms with van der Waals surface area (Å²) in [6.07, 6.45) is 18.6. The predicted octanol–water partition coefficient (Wildman–Crippen LogP) is 9.91.